The Bertz CT molecular complexity index is 813. The molecule has 0 spiro atoms. The standard InChI is InChI=1S/C19H14F2O2/c20-14-6-7-17(21)15(9-14)12-8-16-18(22)23-11-19(16,10-12)13-4-2-1-3-5-13/h1-7,9-10,16H,8,11H2. The molecule has 1 aliphatic carbocycles. The van der Waals surface area contributed by atoms with Gasteiger partial charge in [0.05, 0.1) is 11.3 Å². The van der Waals surface area contributed by atoms with Crippen molar-refractivity contribution in [2.75, 3.05) is 6.61 Å². The summed E-state index contributed by atoms with van der Waals surface area (Å²) in [5, 5.41) is 0. The van der Waals surface area contributed by atoms with E-state index in [2.05, 4.69) is 0 Å². The molecule has 1 heterocycles. The van der Waals surface area contributed by atoms with Crippen molar-refractivity contribution in [1.29, 1.82) is 0 Å². The highest BCUT2D eigenvalue weighted by Gasteiger charge is 2.54. The van der Waals surface area contributed by atoms with Crippen LogP contribution in [0, 0.1) is 17.6 Å². The Morgan fingerprint density at radius 3 is 2.65 bits per heavy atom. The van der Waals surface area contributed by atoms with Crippen LogP contribution in [0.4, 0.5) is 8.78 Å². The van der Waals surface area contributed by atoms with Gasteiger partial charge in [-0.05, 0) is 35.8 Å². The summed E-state index contributed by atoms with van der Waals surface area (Å²) in [6, 6.07) is 13.0. The number of hydrogen-bond donors (Lipinski definition) is 0. The highest BCUT2D eigenvalue weighted by atomic mass is 19.1. The molecule has 2 aliphatic rings. The van der Waals surface area contributed by atoms with Crippen molar-refractivity contribution >= 4 is 11.5 Å². The predicted octanol–water partition coefficient (Wildman–Crippen LogP) is 3.86. The van der Waals surface area contributed by atoms with E-state index in [0.29, 0.717) is 12.0 Å². The van der Waals surface area contributed by atoms with Gasteiger partial charge in [-0.2, -0.15) is 0 Å². The second-order valence-corrected chi connectivity index (χ2v) is 6.06. The smallest absolute Gasteiger partial charge is 0.310 e. The van der Waals surface area contributed by atoms with Gasteiger partial charge in [0.1, 0.15) is 18.2 Å². The van der Waals surface area contributed by atoms with E-state index in [9.17, 15) is 13.6 Å². The normalized spacial score (nSPS) is 25.9. The van der Waals surface area contributed by atoms with Crippen LogP contribution in [0.15, 0.2) is 54.6 Å². The van der Waals surface area contributed by atoms with Crippen molar-refractivity contribution in [3.8, 4) is 0 Å². The van der Waals surface area contributed by atoms with Crippen molar-refractivity contribution in [2.24, 2.45) is 5.92 Å². The van der Waals surface area contributed by atoms with Gasteiger partial charge in [-0.3, -0.25) is 4.79 Å². The molecule has 2 aromatic rings. The number of cyclic esters (lactones) is 1. The minimum Gasteiger partial charge on any atom is -0.464 e. The summed E-state index contributed by atoms with van der Waals surface area (Å²) in [4.78, 5) is 12.1. The number of carbonyl (C=O) groups is 1. The SMILES string of the molecule is O=C1OCC2(c3ccccc3)C=C(c3cc(F)ccc3F)CC12. The van der Waals surface area contributed by atoms with Crippen molar-refractivity contribution < 1.29 is 18.3 Å². The number of ether oxygens (including phenoxy) is 1. The molecular weight excluding hydrogens is 298 g/mol. The van der Waals surface area contributed by atoms with E-state index in [1.807, 2.05) is 36.4 Å². The Morgan fingerprint density at radius 1 is 1.09 bits per heavy atom. The van der Waals surface area contributed by atoms with Crippen LogP contribution >= 0.6 is 0 Å². The van der Waals surface area contributed by atoms with E-state index in [0.717, 1.165) is 17.7 Å². The molecule has 4 rings (SSSR count). The minimum atomic E-state index is -0.591. The molecule has 4 heteroatoms. The zero-order valence-electron chi connectivity index (χ0n) is 12.3. The zero-order valence-corrected chi connectivity index (χ0v) is 12.3. The summed E-state index contributed by atoms with van der Waals surface area (Å²) in [6.45, 7) is 0.237. The van der Waals surface area contributed by atoms with Crippen LogP contribution in [0.5, 0.6) is 0 Å². The maximum absolute atomic E-state index is 14.1. The fourth-order valence-electron chi connectivity index (χ4n) is 3.65. The topological polar surface area (TPSA) is 26.3 Å². The van der Waals surface area contributed by atoms with Crippen LogP contribution in [0.25, 0.3) is 5.57 Å². The van der Waals surface area contributed by atoms with E-state index < -0.39 is 17.0 Å². The van der Waals surface area contributed by atoms with Gasteiger partial charge in [-0.15, -0.1) is 0 Å². The molecule has 0 bridgehead atoms. The third-order valence-electron chi connectivity index (χ3n) is 4.80. The van der Waals surface area contributed by atoms with Gasteiger partial charge >= 0.3 is 5.97 Å². The summed E-state index contributed by atoms with van der Waals surface area (Å²) >= 11 is 0. The molecule has 116 valence electrons. The van der Waals surface area contributed by atoms with Crippen LogP contribution in [-0.4, -0.2) is 12.6 Å². The first-order chi connectivity index (χ1) is 11.1. The molecule has 1 saturated heterocycles. The third-order valence-corrected chi connectivity index (χ3v) is 4.80. The van der Waals surface area contributed by atoms with Crippen LogP contribution in [-0.2, 0) is 14.9 Å². The highest BCUT2D eigenvalue weighted by molar-refractivity contribution is 5.86. The Kier molecular flexibility index (Phi) is 3.08. The largest absolute Gasteiger partial charge is 0.464 e. The van der Waals surface area contributed by atoms with Gasteiger partial charge in [0.15, 0.2) is 0 Å². The van der Waals surface area contributed by atoms with Crippen molar-refractivity contribution in [3.05, 3.63) is 77.4 Å². The van der Waals surface area contributed by atoms with Crippen molar-refractivity contribution in [2.45, 2.75) is 11.8 Å². The maximum atomic E-state index is 14.1. The fraction of sp³-hybridized carbons (Fsp3) is 0.211. The Hall–Kier alpha value is -2.49. The molecule has 0 aromatic heterocycles. The molecular formula is C19H14F2O2. The number of rotatable bonds is 2. The van der Waals surface area contributed by atoms with E-state index in [1.165, 1.54) is 6.07 Å². The monoisotopic (exact) mass is 312 g/mol. The predicted molar refractivity (Wildman–Crippen MR) is 81.5 cm³/mol. The summed E-state index contributed by atoms with van der Waals surface area (Å²) in [5.74, 6) is -1.63. The Labute approximate surface area is 132 Å². The quantitative estimate of drug-likeness (QED) is 0.787. The summed E-state index contributed by atoms with van der Waals surface area (Å²) in [6.07, 6.45) is 2.24. The number of benzene rings is 2. The molecule has 1 aliphatic heterocycles. The Balaban J connectivity index is 1.86. The number of halogens is 2. The minimum absolute atomic E-state index is 0.225. The number of allylic oxidation sites excluding steroid dienone is 1. The molecule has 23 heavy (non-hydrogen) atoms. The average Bonchev–Trinajstić information content (AvgIpc) is 3.09. The van der Waals surface area contributed by atoms with Gasteiger partial charge < -0.3 is 4.74 Å². The first-order valence-electron chi connectivity index (χ1n) is 7.49. The maximum Gasteiger partial charge on any atom is 0.310 e. The number of fused-ring (bicyclic) bond motifs is 1. The molecule has 0 amide bonds. The van der Waals surface area contributed by atoms with E-state index in [-0.39, 0.29) is 24.1 Å². The first-order valence-corrected chi connectivity index (χ1v) is 7.49. The molecule has 2 nitrogen and oxygen atoms in total. The van der Waals surface area contributed by atoms with Crippen molar-refractivity contribution in [3.63, 3.8) is 0 Å². The van der Waals surface area contributed by atoms with Gasteiger partial charge in [0, 0.05) is 5.56 Å². The van der Waals surface area contributed by atoms with E-state index >= 15 is 0 Å². The van der Waals surface area contributed by atoms with E-state index in [4.69, 9.17) is 4.74 Å². The molecule has 2 unspecified atom stereocenters. The summed E-state index contributed by atoms with van der Waals surface area (Å²) < 4.78 is 32.9. The fourth-order valence-corrected chi connectivity index (χ4v) is 3.65. The van der Waals surface area contributed by atoms with Crippen LogP contribution in [0.3, 0.4) is 0 Å². The molecule has 0 saturated carbocycles. The molecule has 2 atom stereocenters. The van der Waals surface area contributed by atoms with Crippen LogP contribution in [0.2, 0.25) is 0 Å². The molecule has 0 radical (unpaired) electrons. The van der Waals surface area contributed by atoms with Crippen LogP contribution < -0.4 is 0 Å². The number of hydrogen-bond acceptors (Lipinski definition) is 2. The van der Waals surface area contributed by atoms with Gasteiger partial charge in [-0.1, -0.05) is 36.4 Å². The second kappa shape index (κ2) is 5.01. The zero-order chi connectivity index (χ0) is 16.0. The Morgan fingerprint density at radius 2 is 1.87 bits per heavy atom. The first kappa shape index (κ1) is 14.1. The highest BCUT2D eigenvalue weighted by Crippen LogP contribution is 2.51. The lowest BCUT2D eigenvalue weighted by atomic mass is 9.75. The molecule has 0 N–H and O–H groups in total. The lowest BCUT2D eigenvalue weighted by molar-refractivity contribution is -0.141. The third kappa shape index (κ3) is 2.09. The lowest BCUT2D eigenvalue weighted by Gasteiger charge is -2.24. The van der Waals surface area contributed by atoms with E-state index in [1.54, 1.807) is 0 Å². The summed E-state index contributed by atoms with van der Waals surface area (Å²) in [7, 11) is 0. The van der Waals surface area contributed by atoms with Gasteiger partial charge in [0.25, 0.3) is 0 Å². The molecule has 2 aromatic carbocycles. The van der Waals surface area contributed by atoms with Gasteiger partial charge in [-0.25, -0.2) is 8.78 Å². The van der Waals surface area contributed by atoms with Gasteiger partial charge in [0.2, 0.25) is 0 Å². The second-order valence-electron chi connectivity index (χ2n) is 6.06. The van der Waals surface area contributed by atoms with Crippen LogP contribution in [0.1, 0.15) is 17.5 Å². The lowest BCUT2D eigenvalue weighted by Crippen LogP contribution is -2.29. The summed E-state index contributed by atoms with van der Waals surface area (Å²) in [5.41, 5.74) is 1.25. The van der Waals surface area contributed by atoms with Crippen molar-refractivity contribution in [1.82, 2.24) is 0 Å². The average molecular weight is 312 g/mol. The number of carbonyl (C=O) groups excluding carboxylic acids is 1. The number of esters is 1. The molecule has 1 fully saturated rings.